The maximum Gasteiger partial charge on any atom is 0.334 e. The number of carbonyl (C=O) groups excluding carboxylic acids is 2. The van der Waals surface area contributed by atoms with E-state index in [1.165, 1.54) is 20.1 Å². The molecule has 1 heterocycles. The lowest BCUT2D eigenvalue weighted by Crippen LogP contribution is -2.59. The van der Waals surface area contributed by atoms with E-state index in [1.54, 1.807) is 18.2 Å². The van der Waals surface area contributed by atoms with E-state index < -0.39 is 42.6 Å². The summed E-state index contributed by atoms with van der Waals surface area (Å²) in [6, 6.07) is 12.3. The number of aliphatic hydroxyl groups is 3. The summed E-state index contributed by atoms with van der Waals surface area (Å²) in [5, 5.41) is 40.8. The molecule has 0 aromatic heterocycles. The van der Waals surface area contributed by atoms with Gasteiger partial charge in [0.05, 0.1) is 13.2 Å². The van der Waals surface area contributed by atoms with Crippen LogP contribution in [0.2, 0.25) is 0 Å². The molecule has 1 fully saturated rings. The van der Waals surface area contributed by atoms with Crippen molar-refractivity contribution in [2.45, 2.75) is 95.9 Å². The second kappa shape index (κ2) is 17.0. The minimum absolute atomic E-state index is 0.0182. The minimum atomic E-state index is -1.63. The van der Waals surface area contributed by atoms with Crippen LogP contribution in [0.25, 0.3) is 6.08 Å². The van der Waals surface area contributed by atoms with Crippen LogP contribution in [0, 0.1) is 0 Å². The standard InChI is InChI=1S/C33H44O10/c1-4-5-6-7-11-28(36)42-30-29(37)21(2)41-33(39)31(30)43-32(38)25(19-24-13-15-26(35)27(20-24)40-3)14-12-22-9-8-10-23(18-22)16-17-34/h8-10,13,15,18-21,29-31,33-35,37,39H,4-7,11-12,14,16-17H2,1-3H3/b25-19+/t21-,29-,30+,31+,33+/m0/s1. The van der Waals surface area contributed by atoms with Crippen LogP contribution in [0.3, 0.4) is 0 Å². The molecule has 0 bridgehead atoms. The molecule has 2 aromatic carbocycles. The number of hydrogen-bond donors (Lipinski definition) is 4. The lowest BCUT2D eigenvalue weighted by atomic mass is 9.98. The maximum atomic E-state index is 13.6. The summed E-state index contributed by atoms with van der Waals surface area (Å²) in [4.78, 5) is 26.2. The van der Waals surface area contributed by atoms with Gasteiger partial charge in [-0.2, -0.15) is 0 Å². The fourth-order valence-corrected chi connectivity index (χ4v) is 4.94. The summed E-state index contributed by atoms with van der Waals surface area (Å²) >= 11 is 0. The Morgan fingerprint density at radius 1 is 0.953 bits per heavy atom. The number of hydrogen-bond acceptors (Lipinski definition) is 10. The maximum absolute atomic E-state index is 13.6. The Hall–Kier alpha value is -3.44. The van der Waals surface area contributed by atoms with Gasteiger partial charge in [-0.05, 0) is 67.5 Å². The van der Waals surface area contributed by atoms with Gasteiger partial charge in [0.25, 0.3) is 0 Å². The number of ether oxygens (including phenoxy) is 4. The smallest absolute Gasteiger partial charge is 0.334 e. The highest BCUT2D eigenvalue weighted by Gasteiger charge is 2.48. The fraction of sp³-hybridized carbons (Fsp3) is 0.515. The molecular formula is C33H44O10. The molecule has 0 aliphatic carbocycles. The first-order valence-corrected chi connectivity index (χ1v) is 14.8. The van der Waals surface area contributed by atoms with E-state index in [9.17, 15) is 30.0 Å². The summed E-state index contributed by atoms with van der Waals surface area (Å²) in [5.74, 6) is -1.19. The number of aromatic hydroxyl groups is 1. The largest absolute Gasteiger partial charge is 0.504 e. The molecule has 0 saturated carbocycles. The highest BCUT2D eigenvalue weighted by Crippen LogP contribution is 2.30. The van der Waals surface area contributed by atoms with Gasteiger partial charge in [-0.25, -0.2) is 4.79 Å². The molecule has 1 saturated heterocycles. The van der Waals surface area contributed by atoms with Crippen molar-refractivity contribution in [1.82, 2.24) is 0 Å². The fourth-order valence-electron chi connectivity index (χ4n) is 4.94. The van der Waals surface area contributed by atoms with Gasteiger partial charge in [0.2, 0.25) is 0 Å². The monoisotopic (exact) mass is 600 g/mol. The van der Waals surface area contributed by atoms with Crippen LogP contribution in [-0.2, 0) is 36.6 Å². The number of rotatable bonds is 15. The van der Waals surface area contributed by atoms with Crippen LogP contribution >= 0.6 is 0 Å². The minimum Gasteiger partial charge on any atom is -0.504 e. The molecule has 0 unspecified atom stereocenters. The Kier molecular flexibility index (Phi) is 13.5. The van der Waals surface area contributed by atoms with Gasteiger partial charge in [-0.1, -0.05) is 56.5 Å². The van der Waals surface area contributed by atoms with Crippen molar-refractivity contribution < 1.29 is 49.0 Å². The van der Waals surface area contributed by atoms with Crippen molar-refractivity contribution in [3.05, 3.63) is 64.7 Å². The first kappa shape index (κ1) is 34.1. The molecule has 0 spiro atoms. The number of carbonyl (C=O) groups is 2. The van der Waals surface area contributed by atoms with Crippen molar-refractivity contribution in [1.29, 1.82) is 0 Å². The number of phenolic OH excluding ortho intramolecular Hbond substituents is 1. The van der Waals surface area contributed by atoms with Crippen molar-refractivity contribution >= 4 is 18.0 Å². The summed E-state index contributed by atoms with van der Waals surface area (Å²) in [6.45, 7) is 3.61. The van der Waals surface area contributed by atoms with Crippen molar-refractivity contribution in [2.24, 2.45) is 0 Å². The first-order chi connectivity index (χ1) is 20.7. The summed E-state index contributed by atoms with van der Waals surface area (Å²) < 4.78 is 21.9. The van der Waals surface area contributed by atoms with Crippen LogP contribution in [-0.4, -0.2) is 76.8 Å². The molecule has 43 heavy (non-hydrogen) atoms. The summed E-state index contributed by atoms with van der Waals surface area (Å²) in [7, 11) is 1.42. The van der Waals surface area contributed by atoms with Gasteiger partial charge >= 0.3 is 11.9 Å². The number of aryl methyl sites for hydroxylation is 1. The van der Waals surface area contributed by atoms with E-state index in [2.05, 4.69) is 6.92 Å². The number of unbranched alkanes of at least 4 members (excludes halogenated alkanes) is 3. The summed E-state index contributed by atoms with van der Waals surface area (Å²) in [6.07, 6.45) is -0.236. The predicted molar refractivity (Wildman–Crippen MR) is 159 cm³/mol. The third kappa shape index (κ3) is 10.1. The SMILES string of the molecule is CCCCCCC(=O)O[C@@H]1[C@@H](O)[C@H](C)O[C@@H](O)[C@@H]1OC(=O)/C(=C/c1ccc(O)c(OC)c1)CCc1cccc(CCO)c1. The van der Waals surface area contributed by atoms with Gasteiger partial charge in [0, 0.05) is 18.6 Å². The van der Waals surface area contributed by atoms with Crippen molar-refractivity contribution in [3.63, 3.8) is 0 Å². The molecule has 5 atom stereocenters. The van der Waals surface area contributed by atoms with E-state index in [0.29, 0.717) is 24.8 Å². The molecule has 0 radical (unpaired) electrons. The number of phenols is 1. The highest BCUT2D eigenvalue weighted by molar-refractivity contribution is 5.94. The summed E-state index contributed by atoms with van der Waals surface area (Å²) in [5.41, 5.74) is 2.68. The first-order valence-electron chi connectivity index (χ1n) is 14.8. The Balaban J connectivity index is 1.85. The lowest BCUT2D eigenvalue weighted by molar-refractivity contribution is -0.285. The molecule has 2 aromatic rings. The van der Waals surface area contributed by atoms with Gasteiger partial charge in [-0.15, -0.1) is 0 Å². The molecular weight excluding hydrogens is 556 g/mol. The molecule has 10 nitrogen and oxygen atoms in total. The van der Waals surface area contributed by atoms with E-state index in [-0.39, 0.29) is 36.5 Å². The third-order valence-corrected chi connectivity index (χ3v) is 7.40. The topological polar surface area (TPSA) is 152 Å². The van der Waals surface area contributed by atoms with E-state index in [1.807, 2.05) is 24.3 Å². The second-order valence-electron chi connectivity index (χ2n) is 10.8. The second-order valence-corrected chi connectivity index (χ2v) is 10.8. The normalized spacial score (nSPS) is 22.2. The number of methoxy groups -OCH3 is 1. The van der Waals surface area contributed by atoms with E-state index in [0.717, 1.165) is 30.4 Å². The Bertz CT molecular complexity index is 1230. The Morgan fingerprint density at radius 2 is 1.70 bits per heavy atom. The molecule has 1 aliphatic rings. The highest BCUT2D eigenvalue weighted by atomic mass is 16.7. The van der Waals surface area contributed by atoms with Crippen LogP contribution in [0.15, 0.2) is 48.0 Å². The molecule has 1 aliphatic heterocycles. The third-order valence-electron chi connectivity index (χ3n) is 7.40. The Labute approximate surface area is 252 Å². The Morgan fingerprint density at radius 3 is 2.40 bits per heavy atom. The number of aliphatic hydroxyl groups excluding tert-OH is 3. The molecule has 4 N–H and O–H groups in total. The van der Waals surface area contributed by atoms with Crippen molar-refractivity contribution in [2.75, 3.05) is 13.7 Å². The van der Waals surface area contributed by atoms with E-state index in [4.69, 9.17) is 18.9 Å². The quantitative estimate of drug-likeness (QED) is 0.135. The van der Waals surface area contributed by atoms with Crippen LogP contribution < -0.4 is 4.74 Å². The number of benzene rings is 2. The average Bonchev–Trinajstić information content (AvgIpc) is 2.99. The van der Waals surface area contributed by atoms with Gasteiger partial charge in [0.1, 0.15) is 6.10 Å². The lowest BCUT2D eigenvalue weighted by Gasteiger charge is -2.40. The van der Waals surface area contributed by atoms with Crippen LogP contribution in [0.1, 0.15) is 69.1 Å². The molecule has 10 heteroatoms. The zero-order valence-electron chi connectivity index (χ0n) is 25.1. The van der Waals surface area contributed by atoms with Crippen LogP contribution in [0.5, 0.6) is 11.5 Å². The zero-order valence-corrected chi connectivity index (χ0v) is 25.1. The molecule has 0 amide bonds. The van der Waals surface area contributed by atoms with Gasteiger partial charge < -0.3 is 39.4 Å². The number of esters is 2. The molecule has 236 valence electrons. The van der Waals surface area contributed by atoms with Gasteiger partial charge in [-0.3, -0.25) is 4.79 Å². The van der Waals surface area contributed by atoms with Crippen molar-refractivity contribution in [3.8, 4) is 11.5 Å². The van der Waals surface area contributed by atoms with Gasteiger partial charge in [0.15, 0.2) is 30.0 Å². The predicted octanol–water partition coefficient (Wildman–Crippen LogP) is 3.84. The zero-order chi connectivity index (χ0) is 31.4. The average molecular weight is 601 g/mol. The van der Waals surface area contributed by atoms with E-state index >= 15 is 0 Å². The van der Waals surface area contributed by atoms with Crippen LogP contribution in [0.4, 0.5) is 0 Å². The molecule has 3 rings (SSSR count).